The molecule has 6 nitrogen and oxygen atoms in total. The lowest BCUT2D eigenvalue weighted by Gasteiger charge is -2.14. The first kappa shape index (κ1) is 26.0. The summed E-state index contributed by atoms with van der Waals surface area (Å²) in [6.07, 6.45) is 1.57. The Bertz CT molecular complexity index is 1340. The van der Waals surface area contributed by atoms with Crippen LogP contribution in [-0.2, 0) is 13.2 Å². The summed E-state index contributed by atoms with van der Waals surface area (Å²) in [5, 5.41) is 4.10. The molecule has 1 amide bonds. The Labute approximate surface area is 225 Å². The van der Waals surface area contributed by atoms with Gasteiger partial charge in [-0.25, -0.2) is 5.43 Å². The van der Waals surface area contributed by atoms with Gasteiger partial charge >= 0.3 is 0 Å². The number of nitrogens with zero attached hydrogens (tertiary/aromatic N) is 1. The van der Waals surface area contributed by atoms with Gasteiger partial charge in [-0.15, -0.1) is 0 Å². The lowest BCUT2D eigenvalue weighted by molar-refractivity contribution is 0.0955. The SMILES string of the molecule is CCOc1cc(COc2ccccc2/C=N/NC(=O)c2ccc(Br)cc2)ccc1OCc1ccccc1. The molecule has 7 heteroatoms. The molecule has 0 radical (unpaired) electrons. The van der Waals surface area contributed by atoms with Crippen LogP contribution in [0.2, 0.25) is 0 Å². The Morgan fingerprint density at radius 2 is 1.49 bits per heavy atom. The van der Waals surface area contributed by atoms with E-state index >= 15 is 0 Å². The molecule has 0 atom stereocenters. The standard InChI is InChI=1S/C30H27BrN2O4/c1-2-35-29-18-23(12-17-28(29)37-20-22-8-4-3-5-9-22)21-36-27-11-7-6-10-25(27)19-32-33-30(34)24-13-15-26(31)16-14-24/h3-19H,2,20-21H2,1H3,(H,33,34)/b32-19+. The van der Waals surface area contributed by atoms with E-state index in [1.54, 1.807) is 30.5 Å². The Morgan fingerprint density at radius 3 is 2.27 bits per heavy atom. The van der Waals surface area contributed by atoms with E-state index in [-0.39, 0.29) is 5.91 Å². The number of ether oxygens (including phenoxy) is 3. The van der Waals surface area contributed by atoms with Gasteiger partial charge < -0.3 is 14.2 Å². The summed E-state index contributed by atoms with van der Waals surface area (Å²) in [5.74, 6) is 1.71. The van der Waals surface area contributed by atoms with Gasteiger partial charge in [-0.2, -0.15) is 5.10 Å². The maximum absolute atomic E-state index is 12.3. The zero-order valence-electron chi connectivity index (χ0n) is 20.4. The van der Waals surface area contributed by atoms with E-state index in [1.165, 1.54) is 0 Å². The lowest BCUT2D eigenvalue weighted by atomic mass is 10.2. The molecule has 37 heavy (non-hydrogen) atoms. The molecule has 1 N–H and O–H groups in total. The minimum absolute atomic E-state index is 0.292. The summed E-state index contributed by atoms with van der Waals surface area (Å²) >= 11 is 3.36. The quantitative estimate of drug-likeness (QED) is 0.163. The van der Waals surface area contributed by atoms with Crippen molar-refractivity contribution < 1.29 is 19.0 Å². The third-order valence-corrected chi connectivity index (χ3v) is 5.86. The molecule has 188 valence electrons. The van der Waals surface area contributed by atoms with Crippen molar-refractivity contribution in [3.8, 4) is 17.2 Å². The van der Waals surface area contributed by atoms with E-state index in [0.29, 0.717) is 42.6 Å². The van der Waals surface area contributed by atoms with Crippen molar-refractivity contribution in [2.45, 2.75) is 20.1 Å². The molecular formula is C30H27BrN2O4. The highest BCUT2D eigenvalue weighted by Crippen LogP contribution is 2.30. The molecule has 0 aliphatic heterocycles. The molecule has 4 aromatic carbocycles. The van der Waals surface area contributed by atoms with Gasteiger partial charge in [-0.05, 0) is 66.6 Å². The molecule has 0 aliphatic rings. The van der Waals surface area contributed by atoms with Crippen molar-refractivity contribution in [3.05, 3.63) is 124 Å². The van der Waals surface area contributed by atoms with Crippen LogP contribution in [0.5, 0.6) is 17.2 Å². The summed E-state index contributed by atoms with van der Waals surface area (Å²) in [7, 11) is 0. The molecule has 0 spiro atoms. The molecule has 0 heterocycles. The fraction of sp³-hybridized carbons (Fsp3) is 0.133. The molecule has 0 fully saturated rings. The molecule has 0 aliphatic carbocycles. The Kier molecular flexibility index (Phi) is 9.32. The van der Waals surface area contributed by atoms with Gasteiger partial charge in [0.15, 0.2) is 11.5 Å². The van der Waals surface area contributed by atoms with Crippen molar-refractivity contribution in [2.75, 3.05) is 6.61 Å². The predicted octanol–water partition coefficient (Wildman–Crippen LogP) is 6.77. The van der Waals surface area contributed by atoms with Crippen LogP contribution >= 0.6 is 15.9 Å². The van der Waals surface area contributed by atoms with Crippen LogP contribution < -0.4 is 19.6 Å². The number of amides is 1. The lowest BCUT2D eigenvalue weighted by Crippen LogP contribution is -2.17. The molecule has 0 bridgehead atoms. The average molecular weight is 559 g/mol. The summed E-state index contributed by atoms with van der Waals surface area (Å²) in [6, 6.07) is 30.4. The number of nitrogens with one attached hydrogen (secondary N) is 1. The molecule has 4 aromatic rings. The third-order valence-electron chi connectivity index (χ3n) is 5.33. The van der Waals surface area contributed by atoms with Crippen molar-refractivity contribution in [2.24, 2.45) is 5.10 Å². The van der Waals surface area contributed by atoms with Crippen molar-refractivity contribution >= 4 is 28.1 Å². The molecular weight excluding hydrogens is 532 g/mol. The minimum atomic E-state index is -0.292. The van der Waals surface area contributed by atoms with Crippen LogP contribution in [0.25, 0.3) is 0 Å². The second kappa shape index (κ2) is 13.3. The Balaban J connectivity index is 1.38. The first-order chi connectivity index (χ1) is 18.1. The van der Waals surface area contributed by atoms with Gasteiger partial charge in [-0.3, -0.25) is 4.79 Å². The first-order valence-corrected chi connectivity index (χ1v) is 12.6. The van der Waals surface area contributed by atoms with Gasteiger partial charge in [0.2, 0.25) is 0 Å². The van der Waals surface area contributed by atoms with Crippen molar-refractivity contribution in [1.29, 1.82) is 0 Å². The maximum atomic E-state index is 12.3. The minimum Gasteiger partial charge on any atom is -0.490 e. The van der Waals surface area contributed by atoms with Crippen LogP contribution in [0.15, 0.2) is 107 Å². The number of halogens is 1. The van der Waals surface area contributed by atoms with E-state index in [0.717, 1.165) is 21.2 Å². The second-order valence-electron chi connectivity index (χ2n) is 8.02. The molecule has 0 saturated carbocycles. The van der Waals surface area contributed by atoms with E-state index < -0.39 is 0 Å². The Morgan fingerprint density at radius 1 is 0.784 bits per heavy atom. The highest BCUT2D eigenvalue weighted by atomic mass is 79.9. The fourth-order valence-corrected chi connectivity index (χ4v) is 3.74. The number of benzene rings is 4. The van der Waals surface area contributed by atoms with Gasteiger partial charge in [0.05, 0.1) is 12.8 Å². The van der Waals surface area contributed by atoms with Crippen molar-refractivity contribution in [1.82, 2.24) is 5.43 Å². The number of hydrazone groups is 1. The van der Waals surface area contributed by atoms with E-state index in [4.69, 9.17) is 14.2 Å². The Hall–Kier alpha value is -4.10. The zero-order valence-corrected chi connectivity index (χ0v) is 22.0. The molecule has 0 saturated heterocycles. The van der Waals surface area contributed by atoms with E-state index in [9.17, 15) is 4.79 Å². The summed E-state index contributed by atoms with van der Waals surface area (Å²) in [4.78, 5) is 12.3. The summed E-state index contributed by atoms with van der Waals surface area (Å²) in [6.45, 7) is 3.25. The van der Waals surface area contributed by atoms with Gasteiger partial charge in [-0.1, -0.05) is 64.5 Å². The molecule has 0 aromatic heterocycles. The number of carbonyl (C=O) groups excluding carboxylic acids is 1. The monoisotopic (exact) mass is 558 g/mol. The number of hydrogen-bond donors (Lipinski definition) is 1. The van der Waals surface area contributed by atoms with E-state index in [1.807, 2.05) is 79.7 Å². The fourth-order valence-electron chi connectivity index (χ4n) is 3.47. The zero-order chi connectivity index (χ0) is 25.9. The summed E-state index contributed by atoms with van der Waals surface area (Å²) in [5.41, 5.74) is 5.83. The predicted molar refractivity (Wildman–Crippen MR) is 148 cm³/mol. The van der Waals surface area contributed by atoms with Crippen LogP contribution in [0.4, 0.5) is 0 Å². The topological polar surface area (TPSA) is 69.2 Å². The largest absolute Gasteiger partial charge is 0.490 e. The third kappa shape index (κ3) is 7.69. The highest BCUT2D eigenvalue weighted by molar-refractivity contribution is 9.10. The van der Waals surface area contributed by atoms with Crippen LogP contribution in [-0.4, -0.2) is 18.7 Å². The normalized spacial score (nSPS) is 10.8. The molecule has 4 rings (SSSR count). The second-order valence-corrected chi connectivity index (χ2v) is 8.94. The summed E-state index contributed by atoms with van der Waals surface area (Å²) < 4.78 is 18.8. The number of hydrogen-bond acceptors (Lipinski definition) is 5. The van der Waals surface area contributed by atoms with Crippen molar-refractivity contribution in [3.63, 3.8) is 0 Å². The first-order valence-electron chi connectivity index (χ1n) is 11.9. The number of rotatable bonds is 11. The molecule has 0 unspecified atom stereocenters. The van der Waals surface area contributed by atoms with Crippen LogP contribution in [0.1, 0.15) is 34.0 Å². The van der Waals surface area contributed by atoms with E-state index in [2.05, 4.69) is 26.5 Å². The van der Waals surface area contributed by atoms with Crippen LogP contribution in [0, 0.1) is 0 Å². The van der Waals surface area contributed by atoms with Gasteiger partial charge in [0, 0.05) is 15.6 Å². The van der Waals surface area contributed by atoms with Crippen LogP contribution in [0.3, 0.4) is 0 Å². The maximum Gasteiger partial charge on any atom is 0.271 e. The van der Waals surface area contributed by atoms with Gasteiger partial charge in [0.25, 0.3) is 5.91 Å². The smallest absolute Gasteiger partial charge is 0.271 e. The van der Waals surface area contributed by atoms with Gasteiger partial charge in [0.1, 0.15) is 19.0 Å². The highest BCUT2D eigenvalue weighted by Gasteiger charge is 2.09. The number of carbonyl (C=O) groups is 1. The number of para-hydroxylation sites is 1. The average Bonchev–Trinajstić information content (AvgIpc) is 2.93.